The molecule has 0 saturated heterocycles. The summed E-state index contributed by atoms with van der Waals surface area (Å²) in [4.78, 5) is 11.2. The monoisotopic (exact) mass is 209 g/mol. The van der Waals surface area contributed by atoms with Crippen LogP contribution in [0.2, 0.25) is 0 Å². The van der Waals surface area contributed by atoms with Crippen molar-refractivity contribution in [3.63, 3.8) is 0 Å². The van der Waals surface area contributed by atoms with Crippen molar-refractivity contribution in [1.29, 1.82) is 0 Å². The lowest BCUT2D eigenvalue weighted by Crippen LogP contribution is -2.36. The van der Waals surface area contributed by atoms with Crippen LogP contribution < -0.4 is 5.32 Å². The Bertz CT molecular complexity index is 352. The fourth-order valence-corrected chi connectivity index (χ4v) is 4.57. The lowest BCUT2D eigenvalue weighted by molar-refractivity contribution is 0.0207. The summed E-state index contributed by atoms with van der Waals surface area (Å²) in [5.74, 6) is 0.814. The molecular formula is C12H19NO2. The maximum atomic E-state index is 11.2. The number of alkyl carbamates (subject to hydrolysis) is 1. The van der Waals surface area contributed by atoms with Gasteiger partial charge in [-0.05, 0) is 29.6 Å². The predicted octanol–water partition coefficient (Wildman–Crippen LogP) is 2.17. The SMILES string of the molecule is CNC(=O)OC1CC2C3(C)CC23C1(C)C. The van der Waals surface area contributed by atoms with Crippen LogP contribution in [0.3, 0.4) is 0 Å². The van der Waals surface area contributed by atoms with Crippen molar-refractivity contribution in [2.75, 3.05) is 7.05 Å². The number of hydrogen-bond acceptors (Lipinski definition) is 2. The highest BCUT2D eigenvalue weighted by Gasteiger charge is 2.95. The van der Waals surface area contributed by atoms with Crippen LogP contribution in [0, 0.1) is 22.2 Å². The molecule has 0 aromatic carbocycles. The fraction of sp³-hybridized carbons (Fsp3) is 0.917. The third-order valence-electron chi connectivity index (χ3n) is 5.68. The van der Waals surface area contributed by atoms with Crippen LogP contribution in [0.15, 0.2) is 0 Å². The van der Waals surface area contributed by atoms with Crippen LogP contribution in [-0.4, -0.2) is 19.2 Å². The molecule has 0 aromatic heterocycles. The quantitative estimate of drug-likeness (QED) is 0.718. The third-order valence-corrected chi connectivity index (χ3v) is 5.68. The van der Waals surface area contributed by atoms with E-state index in [4.69, 9.17) is 4.74 Å². The van der Waals surface area contributed by atoms with E-state index in [0.29, 0.717) is 10.8 Å². The standard InChI is InChI=1S/C12H19NO2/c1-10(2)8(15-9(14)13-4)5-7-11(3)6-12(7,10)11/h7-8H,5-6H2,1-4H3,(H,13,14). The van der Waals surface area contributed by atoms with Crippen molar-refractivity contribution in [3.8, 4) is 0 Å². The molecule has 84 valence electrons. The molecule has 15 heavy (non-hydrogen) atoms. The number of carbonyl (C=O) groups excluding carboxylic acids is 1. The second-order valence-corrected chi connectivity index (χ2v) is 6.22. The van der Waals surface area contributed by atoms with Gasteiger partial charge < -0.3 is 10.1 Å². The highest BCUT2D eigenvalue weighted by molar-refractivity contribution is 5.67. The summed E-state index contributed by atoms with van der Waals surface area (Å²) in [6, 6.07) is 0. The van der Waals surface area contributed by atoms with Gasteiger partial charge in [0, 0.05) is 12.5 Å². The lowest BCUT2D eigenvalue weighted by Gasteiger charge is -2.31. The summed E-state index contributed by atoms with van der Waals surface area (Å²) in [6.45, 7) is 6.91. The molecule has 3 aliphatic carbocycles. The molecule has 4 atom stereocenters. The minimum absolute atomic E-state index is 0.109. The third kappa shape index (κ3) is 0.754. The van der Waals surface area contributed by atoms with E-state index < -0.39 is 0 Å². The first kappa shape index (κ1) is 9.49. The van der Waals surface area contributed by atoms with E-state index in [1.165, 1.54) is 6.42 Å². The Morgan fingerprint density at radius 3 is 2.47 bits per heavy atom. The first-order chi connectivity index (χ1) is 6.90. The van der Waals surface area contributed by atoms with Gasteiger partial charge in [0.15, 0.2) is 0 Å². The molecule has 3 fully saturated rings. The molecule has 1 amide bonds. The minimum atomic E-state index is -0.284. The van der Waals surface area contributed by atoms with Gasteiger partial charge >= 0.3 is 6.09 Å². The number of carbonyl (C=O) groups is 1. The second-order valence-electron chi connectivity index (χ2n) is 6.22. The van der Waals surface area contributed by atoms with Crippen molar-refractivity contribution >= 4 is 6.09 Å². The summed E-state index contributed by atoms with van der Waals surface area (Å²) >= 11 is 0. The van der Waals surface area contributed by atoms with E-state index in [9.17, 15) is 4.79 Å². The maximum Gasteiger partial charge on any atom is 0.407 e. The first-order valence-corrected chi connectivity index (χ1v) is 5.78. The van der Waals surface area contributed by atoms with E-state index in [0.717, 1.165) is 12.3 Å². The molecule has 3 aliphatic rings. The van der Waals surface area contributed by atoms with E-state index in [1.54, 1.807) is 7.05 Å². The van der Waals surface area contributed by atoms with Gasteiger partial charge in [-0.3, -0.25) is 0 Å². The Labute approximate surface area is 90.6 Å². The molecule has 0 radical (unpaired) electrons. The zero-order valence-corrected chi connectivity index (χ0v) is 9.89. The van der Waals surface area contributed by atoms with E-state index >= 15 is 0 Å². The van der Waals surface area contributed by atoms with Gasteiger partial charge in [-0.2, -0.15) is 0 Å². The zero-order valence-electron chi connectivity index (χ0n) is 9.89. The molecule has 0 aliphatic heterocycles. The number of ether oxygens (including phenoxy) is 1. The van der Waals surface area contributed by atoms with Gasteiger partial charge in [0.2, 0.25) is 0 Å². The normalized spacial score (nSPS) is 52.8. The van der Waals surface area contributed by atoms with Crippen molar-refractivity contribution in [1.82, 2.24) is 5.32 Å². The molecule has 3 saturated carbocycles. The summed E-state index contributed by atoms with van der Waals surface area (Å²) in [5, 5.41) is 2.53. The average Bonchev–Trinajstić information content (AvgIpc) is 2.92. The first-order valence-electron chi connectivity index (χ1n) is 5.78. The number of amides is 1. The largest absolute Gasteiger partial charge is 0.446 e. The molecule has 0 bridgehead atoms. The number of fused-ring (bicyclic) bond motifs is 1. The van der Waals surface area contributed by atoms with Crippen molar-refractivity contribution in [2.45, 2.75) is 39.7 Å². The summed E-state index contributed by atoms with van der Waals surface area (Å²) in [6.07, 6.45) is 2.23. The van der Waals surface area contributed by atoms with Gasteiger partial charge in [-0.25, -0.2) is 4.79 Å². The van der Waals surface area contributed by atoms with Gasteiger partial charge in [-0.1, -0.05) is 20.8 Å². The van der Waals surface area contributed by atoms with Crippen LogP contribution in [0.5, 0.6) is 0 Å². The number of hydrogen-bond donors (Lipinski definition) is 1. The lowest BCUT2D eigenvalue weighted by atomic mass is 9.80. The maximum absolute atomic E-state index is 11.2. The van der Waals surface area contributed by atoms with Crippen LogP contribution in [0.4, 0.5) is 4.79 Å². The van der Waals surface area contributed by atoms with Crippen molar-refractivity contribution in [2.24, 2.45) is 22.2 Å². The van der Waals surface area contributed by atoms with E-state index in [-0.39, 0.29) is 17.6 Å². The van der Waals surface area contributed by atoms with E-state index in [2.05, 4.69) is 26.1 Å². The molecule has 3 heteroatoms. The summed E-state index contributed by atoms with van der Waals surface area (Å²) in [7, 11) is 1.62. The van der Waals surface area contributed by atoms with Crippen LogP contribution >= 0.6 is 0 Å². The van der Waals surface area contributed by atoms with E-state index in [1.807, 2.05) is 0 Å². The highest BCUT2D eigenvalue weighted by Crippen LogP contribution is 2.99. The molecule has 0 heterocycles. The smallest absolute Gasteiger partial charge is 0.407 e. The van der Waals surface area contributed by atoms with Gasteiger partial charge in [-0.15, -0.1) is 0 Å². The molecular weight excluding hydrogens is 190 g/mol. The molecule has 4 unspecified atom stereocenters. The summed E-state index contributed by atoms with van der Waals surface area (Å²) in [5.41, 5.74) is 1.27. The molecule has 3 nitrogen and oxygen atoms in total. The number of nitrogens with one attached hydrogen (secondary N) is 1. The van der Waals surface area contributed by atoms with Gasteiger partial charge in [0.05, 0.1) is 0 Å². The molecule has 0 aromatic rings. The second kappa shape index (κ2) is 2.18. The van der Waals surface area contributed by atoms with Crippen LogP contribution in [-0.2, 0) is 4.74 Å². The van der Waals surface area contributed by atoms with Crippen LogP contribution in [0.1, 0.15) is 33.6 Å². The number of rotatable bonds is 1. The van der Waals surface area contributed by atoms with Crippen molar-refractivity contribution in [3.05, 3.63) is 0 Å². The summed E-state index contributed by atoms with van der Waals surface area (Å²) < 4.78 is 5.46. The van der Waals surface area contributed by atoms with Crippen LogP contribution in [0.25, 0.3) is 0 Å². The van der Waals surface area contributed by atoms with Gasteiger partial charge in [0.25, 0.3) is 0 Å². The fourth-order valence-electron chi connectivity index (χ4n) is 4.57. The molecule has 3 rings (SSSR count). The Kier molecular flexibility index (Phi) is 1.38. The average molecular weight is 209 g/mol. The minimum Gasteiger partial charge on any atom is -0.446 e. The van der Waals surface area contributed by atoms with Gasteiger partial charge in [0.1, 0.15) is 6.10 Å². The Morgan fingerprint density at radius 1 is 1.40 bits per heavy atom. The zero-order chi connectivity index (χ0) is 11.1. The van der Waals surface area contributed by atoms with Crippen molar-refractivity contribution < 1.29 is 9.53 Å². The topological polar surface area (TPSA) is 38.3 Å². The molecule has 1 spiro atoms. The Hall–Kier alpha value is -0.730. The molecule has 1 N–H and O–H groups in total. The Balaban J connectivity index is 1.77. The predicted molar refractivity (Wildman–Crippen MR) is 56.4 cm³/mol. The Morgan fingerprint density at radius 2 is 2.07 bits per heavy atom. The highest BCUT2D eigenvalue weighted by atomic mass is 16.6.